The highest BCUT2D eigenvalue weighted by atomic mass is 19.4. The van der Waals surface area contributed by atoms with Crippen LogP contribution in [0, 0.1) is 22.7 Å². The van der Waals surface area contributed by atoms with Crippen molar-refractivity contribution < 1.29 is 26.3 Å². The summed E-state index contributed by atoms with van der Waals surface area (Å²) in [6.07, 6.45) is -9.27. The zero-order valence-corrected chi connectivity index (χ0v) is 31.6. The molecule has 61 heavy (non-hydrogen) atoms. The van der Waals surface area contributed by atoms with E-state index in [4.69, 9.17) is 0 Å². The van der Waals surface area contributed by atoms with Crippen LogP contribution in [0.5, 0.6) is 0 Å². The number of halogens is 6. The first-order chi connectivity index (χ1) is 29.5. The van der Waals surface area contributed by atoms with Crippen molar-refractivity contribution in [3.05, 3.63) is 186 Å². The third-order valence-electron chi connectivity index (χ3n) is 11.2. The number of rotatable bonds is 5. The molecule has 0 atom stereocenters. The van der Waals surface area contributed by atoms with E-state index < -0.39 is 23.5 Å². The molecule has 294 valence electrons. The average molecular weight is 812 g/mol. The van der Waals surface area contributed by atoms with Crippen molar-refractivity contribution in [2.24, 2.45) is 0 Å². The SMILES string of the molecule is N#Cc1c(-n2c3ccccc3c3cc(C(F)(F)F)ccc32)cc(-n2c3ccccc3c3cc(C(F)(F)F)ccc32)c(C#N)c1N(c1ccccc1)c1ccc2ccccc2c1. The van der Waals surface area contributed by atoms with E-state index in [0.29, 0.717) is 44.2 Å². The zero-order valence-electron chi connectivity index (χ0n) is 31.6. The number of para-hydroxylation sites is 3. The van der Waals surface area contributed by atoms with Crippen molar-refractivity contribution in [2.45, 2.75) is 12.4 Å². The molecule has 0 amide bonds. The van der Waals surface area contributed by atoms with Gasteiger partial charge in [-0.05, 0) is 89.6 Å². The third kappa shape index (κ3) is 5.93. The van der Waals surface area contributed by atoms with E-state index in [-0.39, 0.29) is 39.0 Å². The molecule has 0 unspecified atom stereocenters. The lowest BCUT2D eigenvalue weighted by Crippen LogP contribution is -2.17. The summed E-state index contributed by atoms with van der Waals surface area (Å²) in [5.74, 6) is 0. The van der Waals surface area contributed by atoms with Crippen LogP contribution in [0.25, 0.3) is 65.8 Å². The normalized spacial score (nSPS) is 12.1. The molecule has 11 heteroatoms. The van der Waals surface area contributed by atoms with E-state index >= 15 is 0 Å². The summed E-state index contributed by atoms with van der Waals surface area (Å²) in [5.41, 5.74) is 1.87. The van der Waals surface area contributed by atoms with Crippen molar-refractivity contribution in [1.29, 1.82) is 10.5 Å². The summed E-state index contributed by atoms with van der Waals surface area (Å²) < 4.78 is 88.7. The lowest BCUT2D eigenvalue weighted by atomic mass is 9.99. The molecule has 10 aromatic rings. The predicted octanol–water partition coefficient (Wildman–Crippen LogP) is 14.3. The van der Waals surface area contributed by atoms with E-state index in [2.05, 4.69) is 12.1 Å². The summed E-state index contributed by atoms with van der Waals surface area (Å²) in [7, 11) is 0. The predicted molar refractivity (Wildman–Crippen MR) is 227 cm³/mol. The summed E-state index contributed by atoms with van der Waals surface area (Å²) in [4.78, 5) is 1.81. The monoisotopic (exact) mass is 811 g/mol. The number of benzene rings is 8. The number of fused-ring (bicyclic) bond motifs is 7. The number of aromatic nitrogens is 2. The lowest BCUT2D eigenvalue weighted by molar-refractivity contribution is -0.138. The standard InChI is InChI=1S/C50H27F6N5/c51-49(52,53)32-19-22-44-38(25-32)36-14-6-8-16-42(36)60(44)46-27-47(61-43-17-9-7-15-37(43)39-26-33(50(54,55)56)20-23-45(39)61)41(29-58)48(40(46)28-57)59(34-12-2-1-3-13-34)35-21-18-30-10-4-5-11-31(30)24-35/h1-27H. The molecule has 0 bridgehead atoms. The number of alkyl halides is 6. The maximum Gasteiger partial charge on any atom is 0.416 e. The fourth-order valence-electron chi connectivity index (χ4n) is 8.56. The topological polar surface area (TPSA) is 60.7 Å². The quantitative estimate of drug-likeness (QED) is 0.163. The van der Waals surface area contributed by atoms with E-state index in [1.54, 1.807) is 63.7 Å². The Labute approximate surface area is 343 Å². The second-order valence-corrected chi connectivity index (χ2v) is 14.6. The maximum absolute atomic E-state index is 14.2. The van der Waals surface area contributed by atoms with Crippen molar-refractivity contribution in [2.75, 3.05) is 4.90 Å². The number of hydrogen-bond donors (Lipinski definition) is 0. The number of anilines is 3. The van der Waals surface area contributed by atoms with Gasteiger partial charge in [0.25, 0.3) is 0 Å². The second kappa shape index (κ2) is 13.8. The molecule has 0 radical (unpaired) electrons. The Morgan fingerprint density at radius 3 is 1.38 bits per heavy atom. The molecule has 0 spiro atoms. The first-order valence-electron chi connectivity index (χ1n) is 19.0. The minimum Gasteiger partial charge on any atom is -0.308 e. The van der Waals surface area contributed by atoms with Crippen LogP contribution in [0.1, 0.15) is 22.3 Å². The van der Waals surface area contributed by atoms with Crippen LogP contribution in [0.15, 0.2) is 164 Å². The van der Waals surface area contributed by atoms with Crippen LogP contribution in [-0.2, 0) is 12.4 Å². The highest BCUT2D eigenvalue weighted by Gasteiger charge is 2.34. The molecule has 8 aromatic carbocycles. The van der Waals surface area contributed by atoms with Crippen LogP contribution in [0.3, 0.4) is 0 Å². The summed E-state index contributed by atoms with van der Waals surface area (Å²) in [5, 5.41) is 26.2. The second-order valence-electron chi connectivity index (χ2n) is 14.6. The molecule has 0 aliphatic heterocycles. The molecule has 0 aliphatic carbocycles. The molecular formula is C50H27F6N5. The van der Waals surface area contributed by atoms with Crippen LogP contribution in [-0.4, -0.2) is 9.13 Å². The van der Waals surface area contributed by atoms with Gasteiger partial charge < -0.3 is 14.0 Å². The van der Waals surface area contributed by atoms with Crippen molar-refractivity contribution >= 4 is 71.4 Å². The minimum atomic E-state index is -4.64. The van der Waals surface area contributed by atoms with E-state index in [1.165, 1.54) is 12.1 Å². The summed E-state index contributed by atoms with van der Waals surface area (Å²) in [6.45, 7) is 0. The molecule has 5 nitrogen and oxygen atoms in total. The summed E-state index contributed by atoms with van der Waals surface area (Å²) in [6, 6.07) is 49.8. The highest BCUT2D eigenvalue weighted by molar-refractivity contribution is 6.12. The number of nitriles is 2. The lowest BCUT2D eigenvalue weighted by Gasteiger charge is -2.30. The minimum absolute atomic E-state index is 0.0278. The largest absolute Gasteiger partial charge is 0.416 e. The molecule has 0 saturated carbocycles. The smallest absolute Gasteiger partial charge is 0.308 e. The van der Waals surface area contributed by atoms with Crippen LogP contribution in [0.2, 0.25) is 0 Å². The fraction of sp³-hybridized carbons (Fsp3) is 0.0400. The van der Waals surface area contributed by atoms with E-state index in [0.717, 1.165) is 35.0 Å². The Hall–Kier alpha value is -8.02. The molecule has 0 N–H and O–H groups in total. The number of hydrogen-bond acceptors (Lipinski definition) is 3. The van der Waals surface area contributed by atoms with Crippen LogP contribution < -0.4 is 4.90 Å². The summed E-state index contributed by atoms with van der Waals surface area (Å²) >= 11 is 0. The molecule has 2 aromatic heterocycles. The Morgan fingerprint density at radius 1 is 0.410 bits per heavy atom. The van der Waals surface area contributed by atoms with Crippen molar-refractivity contribution in [1.82, 2.24) is 9.13 Å². The first-order valence-corrected chi connectivity index (χ1v) is 19.0. The van der Waals surface area contributed by atoms with Gasteiger partial charge in [0.15, 0.2) is 0 Å². The van der Waals surface area contributed by atoms with Gasteiger partial charge in [-0.2, -0.15) is 36.9 Å². The van der Waals surface area contributed by atoms with Crippen molar-refractivity contribution in [3.63, 3.8) is 0 Å². The first kappa shape index (κ1) is 37.3. The van der Waals surface area contributed by atoms with Gasteiger partial charge in [0.2, 0.25) is 0 Å². The Morgan fingerprint density at radius 2 is 0.869 bits per heavy atom. The van der Waals surface area contributed by atoms with E-state index in [9.17, 15) is 36.9 Å². The Bertz CT molecular complexity index is 3320. The van der Waals surface area contributed by atoms with Gasteiger partial charge in [0, 0.05) is 32.9 Å². The molecule has 0 aliphatic rings. The van der Waals surface area contributed by atoms with Gasteiger partial charge in [-0.25, -0.2) is 0 Å². The number of nitrogens with zero attached hydrogens (tertiary/aromatic N) is 5. The Kier molecular flexibility index (Phi) is 8.42. The molecule has 0 saturated heterocycles. The zero-order chi connectivity index (χ0) is 42.2. The average Bonchev–Trinajstić information content (AvgIpc) is 3.78. The maximum atomic E-state index is 14.2. The molecule has 10 rings (SSSR count). The highest BCUT2D eigenvalue weighted by Crippen LogP contribution is 2.47. The molecule has 0 fully saturated rings. The molecular weight excluding hydrogens is 785 g/mol. The Balaban J connectivity index is 1.41. The van der Waals surface area contributed by atoms with Gasteiger partial charge in [0.1, 0.15) is 23.3 Å². The molecule has 2 heterocycles. The third-order valence-corrected chi connectivity index (χ3v) is 11.2. The van der Waals surface area contributed by atoms with Gasteiger partial charge >= 0.3 is 12.4 Å². The van der Waals surface area contributed by atoms with E-state index in [1.807, 2.05) is 77.7 Å². The van der Waals surface area contributed by atoms with Gasteiger partial charge in [-0.3, -0.25) is 0 Å². The van der Waals surface area contributed by atoms with Crippen LogP contribution in [0.4, 0.5) is 43.4 Å². The van der Waals surface area contributed by atoms with Gasteiger partial charge in [0.05, 0.1) is 50.3 Å². The van der Waals surface area contributed by atoms with Gasteiger partial charge in [-0.15, -0.1) is 0 Å². The van der Waals surface area contributed by atoms with Gasteiger partial charge in [-0.1, -0.05) is 84.9 Å². The fourth-order valence-corrected chi connectivity index (χ4v) is 8.56. The van der Waals surface area contributed by atoms with Crippen LogP contribution >= 0.6 is 0 Å². The van der Waals surface area contributed by atoms with Crippen molar-refractivity contribution in [3.8, 4) is 23.5 Å².